The highest BCUT2D eigenvalue weighted by molar-refractivity contribution is 5.96. The predicted molar refractivity (Wildman–Crippen MR) is 90.7 cm³/mol. The third-order valence-electron chi connectivity index (χ3n) is 4.03. The van der Waals surface area contributed by atoms with Crippen LogP contribution in [-0.4, -0.2) is 43.6 Å². The minimum atomic E-state index is -0.528. The summed E-state index contributed by atoms with van der Waals surface area (Å²) in [5, 5.41) is 21.2. The van der Waals surface area contributed by atoms with E-state index < -0.39 is 4.92 Å². The molecule has 0 bridgehead atoms. The minimum Gasteiger partial charge on any atom is -0.426 e. The number of hydrogen-bond donors (Lipinski definition) is 1. The van der Waals surface area contributed by atoms with Crippen molar-refractivity contribution < 1.29 is 19.5 Å². The van der Waals surface area contributed by atoms with Gasteiger partial charge in [-0.25, -0.2) is 4.98 Å². The molecule has 8 heteroatoms. The summed E-state index contributed by atoms with van der Waals surface area (Å²) in [7, 11) is 1.61. The second-order valence-corrected chi connectivity index (χ2v) is 5.49. The Hall–Kier alpha value is -3.55. The molecule has 0 saturated carbocycles. The van der Waals surface area contributed by atoms with E-state index in [9.17, 15) is 20.1 Å². The monoisotopic (exact) mass is 338 g/mol. The summed E-state index contributed by atoms with van der Waals surface area (Å²) in [4.78, 5) is 25.4. The fourth-order valence-corrected chi connectivity index (χ4v) is 2.47. The van der Waals surface area contributed by atoms with Crippen LogP contribution in [0.3, 0.4) is 0 Å². The molecular weight excluding hydrogens is 324 g/mol. The van der Waals surface area contributed by atoms with Crippen molar-refractivity contribution in [3.8, 4) is 11.4 Å². The van der Waals surface area contributed by atoms with Gasteiger partial charge < -0.3 is 14.6 Å². The second-order valence-electron chi connectivity index (χ2n) is 5.49. The van der Waals surface area contributed by atoms with Gasteiger partial charge >= 0.3 is 0 Å². The zero-order valence-electron chi connectivity index (χ0n) is 13.5. The number of non-ortho nitro benzene ring substituents is 1. The van der Waals surface area contributed by atoms with Crippen molar-refractivity contribution in [1.82, 2.24) is 9.71 Å². The van der Waals surface area contributed by atoms with Gasteiger partial charge in [0.15, 0.2) is 5.82 Å². The number of benzene rings is 2. The van der Waals surface area contributed by atoms with Crippen molar-refractivity contribution >= 4 is 28.8 Å². The van der Waals surface area contributed by atoms with E-state index in [0.717, 1.165) is 16.0 Å². The maximum absolute atomic E-state index is 10.9. The molecule has 0 radical (unpaired) electrons. The molecule has 3 aromatic rings. The first-order valence-corrected chi connectivity index (χ1v) is 7.34. The quantitative estimate of drug-likeness (QED) is 0.150. The lowest BCUT2D eigenvalue weighted by Crippen LogP contribution is -2.13. The highest BCUT2D eigenvalue weighted by Gasteiger charge is 2.15. The number of aromatic nitrogens is 2. The van der Waals surface area contributed by atoms with Crippen molar-refractivity contribution in [2.45, 2.75) is 6.92 Å². The van der Waals surface area contributed by atoms with Crippen LogP contribution in [0.2, 0.25) is 0 Å². The highest BCUT2D eigenvalue weighted by Crippen LogP contribution is 2.26. The molecule has 1 amide bonds. The van der Waals surface area contributed by atoms with E-state index >= 15 is 0 Å². The molecule has 3 rings (SSSR count). The number of carbonyl (C=O) groups excluding carboxylic acids is 1. The number of fused-ring (bicyclic) bond motifs is 1. The summed E-state index contributed by atoms with van der Waals surface area (Å²) in [5.74, 6) is 0.273. The molecule has 0 aliphatic heterocycles. The Morgan fingerprint density at radius 3 is 2.52 bits per heavy atom. The first-order valence-electron chi connectivity index (χ1n) is 7.34. The van der Waals surface area contributed by atoms with Gasteiger partial charge in [-0.05, 0) is 18.6 Å². The highest BCUT2D eigenvalue weighted by atomic mass is 16.6. The molecule has 0 aliphatic rings. The summed E-state index contributed by atoms with van der Waals surface area (Å²) >= 11 is 0. The lowest BCUT2D eigenvalue weighted by Gasteiger charge is -2.07. The van der Waals surface area contributed by atoms with E-state index in [1.807, 2.05) is 0 Å². The van der Waals surface area contributed by atoms with Crippen LogP contribution in [0.4, 0.5) is 5.69 Å². The first-order chi connectivity index (χ1) is 11.9. The first kappa shape index (κ1) is 16.3. The van der Waals surface area contributed by atoms with Crippen LogP contribution in [-0.2, 0) is 4.79 Å². The van der Waals surface area contributed by atoms with E-state index in [4.69, 9.17) is 0 Å². The molecular formula is C17H14N4O4. The Labute approximate surface area is 142 Å². The van der Waals surface area contributed by atoms with Gasteiger partial charge in [0.1, 0.15) is 12.6 Å². The predicted octanol–water partition coefficient (Wildman–Crippen LogP) is 2.37. The fourth-order valence-electron chi connectivity index (χ4n) is 2.47. The zero-order valence-corrected chi connectivity index (χ0v) is 13.5. The van der Waals surface area contributed by atoms with E-state index in [2.05, 4.69) is 4.98 Å². The summed E-state index contributed by atoms with van der Waals surface area (Å²) in [5.41, 5.74) is 2.77. The number of amides is 1. The molecule has 8 nitrogen and oxygen atoms in total. The number of imidazole rings is 1. The summed E-state index contributed by atoms with van der Waals surface area (Å²) in [6.45, 7) is 1.79. The molecule has 0 spiro atoms. The van der Waals surface area contributed by atoms with Gasteiger partial charge in [-0.1, -0.05) is 24.3 Å². The number of hydrogen-bond acceptors (Lipinski definition) is 5. The smallest absolute Gasteiger partial charge is 0.287 e. The van der Waals surface area contributed by atoms with Crippen LogP contribution >= 0.6 is 0 Å². The van der Waals surface area contributed by atoms with Crippen LogP contribution in [0.15, 0.2) is 42.5 Å². The summed E-state index contributed by atoms with van der Waals surface area (Å²) in [6.07, 6.45) is 1.79. The minimum absolute atomic E-state index is 0.122. The van der Waals surface area contributed by atoms with Crippen molar-refractivity contribution in [2.75, 3.05) is 7.05 Å². The van der Waals surface area contributed by atoms with E-state index in [1.165, 1.54) is 22.8 Å². The normalized spacial score (nSPS) is 12.1. The molecule has 1 aromatic heterocycles. The lowest BCUT2D eigenvalue weighted by atomic mass is 10.1. The second kappa shape index (κ2) is 6.16. The molecule has 1 heterocycles. The van der Waals surface area contributed by atoms with Crippen LogP contribution in [0.5, 0.6) is 0 Å². The molecule has 1 N–H and O–H groups in total. The van der Waals surface area contributed by atoms with Crippen LogP contribution in [0.1, 0.15) is 12.5 Å². The molecule has 126 valence electrons. The SMILES string of the molecule is CC(c1ccc(-c2nc3ccc([N+](=O)[O-])cc3n2O)cc1)=[N+](C)[C-]=O. The van der Waals surface area contributed by atoms with Crippen LogP contribution in [0, 0.1) is 10.1 Å². The molecule has 0 aliphatic carbocycles. The van der Waals surface area contributed by atoms with Crippen molar-refractivity contribution in [3.05, 3.63) is 58.1 Å². The average Bonchev–Trinajstić information content (AvgIpc) is 2.96. The number of nitro groups is 1. The Morgan fingerprint density at radius 1 is 1.24 bits per heavy atom. The van der Waals surface area contributed by atoms with E-state index in [-0.39, 0.29) is 17.0 Å². The number of rotatable bonds is 4. The Bertz CT molecular complexity index is 1020. The fraction of sp³-hybridized carbons (Fsp3) is 0.118. The Balaban J connectivity index is 2.06. The largest absolute Gasteiger partial charge is 0.426 e. The molecule has 2 aromatic carbocycles. The van der Waals surface area contributed by atoms with E-state index in [0.29, 0.717) is 11.1 Å². The molecule has 0 fully saturated rings. The van der Waals surface area contributed by atoms with E-state index in [1.54, 1.807) is 44.6 Å². The lowest BCUT2D eigenvalue weighted by molar-refractivity contribution is -0.384. The third-order valence-corrected chi connectivity index (χ3v) is 4.03. The Kier molecular flexibility index (Phi) is 4.02. The molecule has 0 saturated heterocycles. The number of nitrogens with zero attached hydrogens (tertiary/aromatic N) is 4. The topological polar surface area (TPSA) is 101 Å². The molecule has 25 heavy (non-hydrogen) atoms. The van der Waals surface area contributed by atoms with Gasteiger partial charge in [0.25, 0.3) is 12.1 Å². The van der Waals surface area contributed by atoms with Crippen LogP contribution < -0.4 is 0 Å². The number of nitro benzene ring substituents is 1. The van der Waals surface area contributed by atoms with Gasteiger partial charge in [0, 0.05) is 23.4 Å². The Morgan fingerprint density at radius 2 is 1.92 bits per heavy atom. The van der Waals surface area contributed by atoms with Gasteiger partial charge in [0.2, 0.25) is 0 Å². The van der Waals surface area contributed by atoms with Crippen molar-refractivity contribution in [1.29, 1.82) is 0 Å². The van der Waals surface area contributed by atoms with Gasteiger partial charge in [-0.2, -0.15) is 4.73 Å². The third kappa shape index (κ3) is 2.85. The van der Waals surface area contributed by atoms with Crippen LogP contribution in [0.25, 0.3) is 22.4 Å². The van der Waals surface area contributed by atoms with Gasteiger partial charge in [0.05, 0.1) is 10.4 Å². The maximum atomic E-state index is 10.9. The molecule has 0 atom stereocenters. The van der Waals surface area contributed by atoms with Crippen molar-refractivity contribution in [3.63, 3.8) is 0 Å². The standard InChI is InChI=1S/C17H14N4O4/c1-11(19(2)10-22)12-3-5-13(6-4-12)17-18-15-8-7-14(21(24)25)9-16(15)20(17)23/h3-9,23H,1-2H3. The maximum Gasteiger partial charge on any atom is 0.287 e. The zero-order chi connectivity index (χ0) is 18.1. The van der Waals surface area contributed by atoms with Gasteiger partial charge in [-0.3, -0.25) is 10.1 Å². The summed E-state index contributed by atoms with van der Waals surface area (Å²) in [6, 6.07) is 11.2. The summed E-state index contributed by atoms with van der Waals surface area (Å²) < 4.78 is 2.18. The van der Waals surface area contributed by atoms with Crippen molar-refractivity contribution in [2.24, 2.45) is 0 Å². The average molecular weight is 338 g/mol. The molecule has 0 unspecified atom stereocenters. The van der Waals surface area contributed by atoms with Gasteiger partial charge in [-0.15, -0.1) is 0 Å².